The number of esters is 1. The summed E-state index contributed by atoms with van der Waals surface area (Å²) in [5.41, 5.74) is 0. The normalized spacial score (nSPS) is 19.4. The zero-order chi connectivity index (χ0) is 18.6. The number of rotatable bonds is 8. The Hall–Kier alpha value is -0.730. The summed E-state index contributed by atoms with van der Waals surface area (Å²) < 4.78 is 28.0. The quantitative estimate of drug-likeness (QED) is 0.491. The molecule has 0 unspecified atom stereocenters. The molecule has 0 N–H and O–H groups in total. The molecule has 0 bridgehead atoms. The molecule has 0 aromatic rings. The fourth-order valence-corrected chi connectivity index (χ4v) is 2.30. The van der Waals surface area contributed by atoms with Gasteiger partial charge in [0.15, 0.2) is 6.79 Å². The van der Waals surface area contributed by atoms with Gasteiger partial charge in [-0.15, -0.1) is 0 Å². The lowest BCUT2D eigenvalue weighted by Gasteiger charge is -2.27. The number of methoxy groups -OCH3 is 5. The van der Waals surface area contributed by atoms with Crippen LogP contribution in [0.1, 0.15) is 32.6 Å². The predicted octanol–water partition coefficient (Wildman–Crippen LogP) is 2.48. The Bertz CT molecular complexity index is 237. The van der Waals surface area contributed by atoms with Gasteiger partial charge in [0.05, 0.1) is 0 Å². The van der Waals surface area contributed by atoms with Crippen molar-refractivity contribution in [2.45, 2.75) is 32.6 Å². The van der Waals surface area contributed by atoms with Gasteiger partial charge in [0.1, 0.15) is 6.79 Å². The summed E-state index contributed by atoms with van der Waals surface area (Å²) in [5.74, 6) is 1.30. The molecular formula is C17H36O7. The summed E-state index contributed by atoms with van der Waals surface area (Å²) in [6.45, 7) is 3.66. The van der Waals surface area contributed by atoms with E-state index in [0.29, 0.717) is 6.79 Å². The Kier molecular flexibility index (Phi) is 21.6. The van der Waals surface area contributed by atoms with Crippen molar-refractivity contribution < 1.29 is 33.2 Å². The Morgan fingerprint density at radius 3 is 1.25 bits per heavy atom. The van der Waals surface area contributed by atoms with Crippen molar-refractivity contribution in [3.63, 3.8) is 0 Å². The van der Waals surface area contributed by atoms with E-state index in [9.17, 15) is 4.79 Å². The third-order valence-electron chi connectivity index (χ3n) is 3.39. The van der Waals surface area contributed by atoms with Crippen molar-refractivity contribution in [1.29, 1.82) is 0 Å². The molecule has 1 fully saturated rings. The molecular weight excluding hydrogens is 316 g/mol. The van der Waals surface area contributed by atoms with E-state index in [2.05, 4.69) is 18.9 Å². The highest BCUT2D eigenvalue weighted by Gasteiger charge is 2.20. The van der Waals surface area contributed by atoms with E-state index in [1.807, 2.05) is 0 Å². The van der Waals surface area contributed by atoms with E-state index in [-0.39, 0.29) is 12.8 Å². The molecule has 0 radical (unpaired) electrons. The number of carbonyl (C=O) groups excluding carboxylic acids is 1. The molecule has 1 aliphatic rings. The maximum atomic E-state index is 9.90. The minimum Gasteiger partial charge on any atom is -0.439 e. The molecule has 0 saturated heterocycles. The van der Waals surface area contributed by atoms with E-state index in [0.717, 1.165) is 25.0 Å². The van der Waals surface area contributed by atoms with Gasteiger partial charge in [-0.1, -0.05) is 0 Å². The molecule has 0 spiro atoms. The van der Waals surface area contributed by atoms with Crippen molar-refractivity contribution in [2.75, 3.05) is 62.3 Å². The van der Waals surface area contributed by atoms with E-state index < -0.39 is 0 Å². The van der Waals surface area contributed by atoms with Gasteiger partial charge in [0.2, 0.25) is 0 Å². The molecule has 7 heteroatoms. The summed E-state index contributed by atoms with van der Waals surface area (Å²) >= 11 is 0. The van der Waals surface area contributed by atoms with E-state index >= 15 is 0 Å². The largest absolute Gasteiger partial charge is 0.439 e. The molecule has 0 aliphatic heterocycles. The molecule has 0 aromatic heterocycles. The lowest BCUT2D eigenvalue weighted by atomic mass is 9.83. The molecule has 1 aliphatic carbocycles. The summed E-state index contributed by atoms with van der Waals surface area (Å²) in [4.78, 5) is 9.90. The summed E-state index contributed by atoms with van der Waals surface area (Å²) in [7, 11) is 8.22. The van der Waals surface area contributed by atoms with E-state index in [4.69, 9.17) is 9.47 Å². The maximum Gasteiger partial charge on any atom is 0.304 e. The lowest BCUT2D eigenvalue weighted by molar-refractivity contribution is -0.151. The Labute approximate surface area is 146 Å². The standard InChI is InChI=1S/C10H20O2.C4H8O3.C3H8O2/c1-11-7-9-3-5-10(6-4-9)8-12-2;1-4(5)7-3-6-2;1-4-3-5-2/h9-10H,3-8H2,1-2H3;3H2,1-2H3;3H2,1-2H3. The third-order valence-corrected chi connectivity index (χ3v) is 3.39. The van der Waals surface area contributed by atoms with Crippen molar-refractivity contribution in [3.05, 3.63) is 0 Å². The zero-order valence-electron chi connectivity index (χ0n) is 16.2. The Morgan fingerprint density at radius 1 is 0.708 bits per heavy atom. The molecule has 24 heavy (non-hydrogen) atoms. The first-order valence-electron chi connectivity index (χ1n) is 8.13. The summed E-state index contributed by atoms with van der Waals surface area (Å²) in [6, 6.07) is 0. The highest BCUT2D eigenvalue weighted by atomic mass is 16.7. The van der Waals surface area contributed by atoms with Gasteiger partial charge in [-0.3, -0.25) is 4.79 Å². The highest BCUT2D eigenvalue weighted by molar-refractivity contribution is 5.65. The highest BCUT2D eigenvalue weighted by Crippen LogP contribution is 2.28. The minimum atomic E-state index is -0.318. The first-order valence-corrected chi connectivity index (χ1v) is 8.13. The average Bonchev–Trinajstić information content (AvgIpc) is 2.57. The van der Waals surface area contributed by atoms with Gasteiger partial charge < -0.3 is 28.4 Å². The van der Waals surface area contributed by atoms with Crippen LogP contribution in [0, 0.1) is 11.8 Å². The van der Waals surface area contributed by atoms with Crippen LogP contribution >= 0.6 is 0 Å². The number of carbonyl (C=O) groups is 1. The Morgan fingerprint density at radius 2 is 1.08 bits per heavy atom. The van der Waals surface area contributed by atoms with E-state index in [1.54, 1.807) is 28.4 Å². The van der Waals surface area contributed by atoms with Crippen molar-refractivity contribution in [2.24, 2.45) is 11.8 Å². The van der Waals surface area contributed by atoms with Gasteiger partial charge in [0.25, 0.3) is 0 Å². The molecule has 0 amide bonds. The number of hydrogen-bond acceptors (Lipinski definition) is 7. The monoisotopic (exact) mass is 352 g/mol. The first-order chi connectivity index (χ1) is 11.5. The van der Waals surface area contributed by atoms with Crippen molar-refractivity contribution >= 4 is 5.97 Å². The van der Waals surface area contributed by atoms with Crippen LogP contribution in [0.4, 0.5) is 0 Å². The van der Waals surface area contributed by atoms with Crippen LogP contribution in [-0.4, -0.2) is 68.3 Å². The average molecular weight is 352 g/mol. The van der Waals surface area contributed by atoms with Crippen molar-refractivity contribution in [1.82, 2.24) is 0 Å². The summed E-state index contributed by atoms with van der Waals surface area (Å²) in [5, 5.41) is 0. The van der Waals surface area contributed by atoms with Gasteiger partial charge in [-0.05, 0) is 37.5 Å². The van der Waals surface area contributed by atoms with Crippen LogP contribution in [0.5, 0.6) is 0 Å². The van der Waals surface area contributed by atoms with Crippen LogP contribution in [0.15, 0.2) is 0 Å². The van der Waals surface area contributed by atoms with Crippen LogP contribution in [0.25, 0.3) is 0 Å². The zero-order valence-corrected chi connectivity index (χ0v) is 16.2. The van der Waals surface area contributed by atoms with Crippen LogP contribution < -0.4 is 0 Å². The number of hydrogen-bond donors (Lipinski definition) is 0. The predicted molar refractivity (Wildman–Crippen MR) is 91.7 cm³/mol. The van der Waals surface area contributed by atoms with E-state index in [1.165, 1.54) is 39.7 Å². The first kappa shape index (κ1) is 25.5. The molecule has 0 aromatic carbocycles. The topological polar surface area (TPSA) is 72.5 Å². The molecule has 0 heterocycles. The van der Waals surface area contributed by atoms with Crippen LogP contribution in [0.3, 0.4) is 0 Å². The second kappa shape index (κ2) is 20.3. The van der Waals surface area contributed by atoms with Crippen molar-refractivity contribution in [3.8, 4) is 0 Å². The SMILES string of the molecule is COCC1CCC(COC)CC1.COCOC.COCOC(C)=O. The van der Waals surface area contributed by atoms with Gasteiger partial charge in [-0.2, -0.15) is 0 Å². The fourth-order valence-electron chi connectivity index (χ4n) is 2.30. The van der Waals surface area contributed by atoms with Crippen LogP contribution in [-0.2, 0) is 33.2 Å². The van der Waals surface area contributed by atoms with Crippen LogP contribution in [0.2, 0.25) is 0 Å². The van der Waals surface area contributed by atoms with Gasteiger partial charge in [-0.25, -0.2) is 0 Å². The number of ether oxygens (including phenoxy) is 6. The third kappa shape index (κ3) is 19.3. The molecule has 146 valence electrons. The maximum absolute atomic E-state index is 9.90. The second-order valence-electron chi connectivity index (χ2n) is 5.54. The summed E-state index contributed by atoms with van der Waals surface area (Å²) in [6.07, 6.45) is 5.29. The second-order valence-corrected chi connectivity index (χ2v) is 5.54. The van der Waals surface area contributed by atoms with Gasteiger partial charge in [0, 0.05) is 55.7 Å². The minimum absolute atomic E-state index is 0.0509. The molecule has 1 saturated carbocycles. The smallest absolute Gasteiger partial charge is 0.304 e. The van der Waals surface area contributed by atoms with Gasteiger partial charge >= 0.3 is 5.97 Å². The molecule has 7 nitrogen and oxygen atoms in total. The lowest BCUT2D eigenvalue weighted by Crippen LogP contribution is -2.20. The molecule has 1 rings (SSSR count). The molecule has 0 atom stereocenters. The Balaban J connectivity index is 0. The fraction of sp³-hybridized carbons (Fsp3) is 0.941.